The zero-order valence-electron chi connectivity index (χ0n) is 17.1. The van der Waals surface area contributed by atoms with Gasteiger partial charge in [0.05, 0.1) is 11.3 Å². The van der Waals surface area contributed by atoms with Gasteiger partial charge in [-0.1, -0.05) is 44.2 Å². The lowest BCUT2D eigenvalue weighted by molar-refractivity contribution is -0.385. The van der Waals surface area contributed by atoms with Gasteiger partial charge in [0.1, 0.15) is 11.9 Å². The van der Waals surface area contributed by atoms with Crippen LogP contribution in [0.3, 0.4) is 0 Å². The van der Waals surface area contributed by atoms with Crippen molar-refractivity contribution in [1.82, 2.24) is 10.2 Å². The Morgan fingerprint density at radius 1 is 1.13 bits per heavy atom. The zero-order valence-corrected chi connectivity index (χ0v) is 17.1. The molecule has 0 spiro atoms. The highest BCUT2D eigenvalue weighted by atomic mass is 19.1. The molecule has 8 heteroatoms. The molecule has 1 atom stereocenters. The van der Waals surface area contributed by atoms with Crippen LogP contribution in [0.2, 0.25) is 0 Å². The van der Waals surface area contributed by atoms with Gasteiger partial charge in [-0.15, -0.1) is 0 Å². The molecule has 0 aliphatic heterocycles. The molecule has 0 radical (unpaired) electrons. The van der Waals surface area contributed by atoms with Crippen LogP contribution in [0.15, 0.2) is 48.5 Å². The Morgan fingerprint density at radius 2 is 1.80 bits per heavy atom. The molecule has 0 saturated carbocycles. The quantitative estimate of drug-likeness (QED) is 0.474. The van der Waals surface area contributed by atoms with E-state index in [1.165, 1.54) is 35.2 Å². The van der Waals surface area contributed by atoms with Crippen LogP contribution in [0.1, 0.15) is 37.8 Å². The van der Waals surface area contributed by atoms with Gasteiger partial charge in [-0.2, -0.15) is 0 Å². The maximum atomic E-state index is 13.3. The molecule has 0 heterocycles. The van der Waals surface area contributed by atoms with Crippen LogP contribution in [-0.2, 0) is 22.6 Å². The number of nitrogens with zero attached hydrogens (tertiary/aromatic N) is 2. The number of para-hydroxylation sites is 1. The summed E-state index contributed by atoms with van der Waals surface area (Å²) in [5.74, 6) is -1.09. The molecule has 30 heavy (non-hydrogen) atoms. The third kappa shape index (κ3) is 6.10. The zero-order chi connectivity index (χ0) is 22.1. The van der Waals surface area contributed by atoms with Gasteiger partial charge in [0.15, 0.2) is 0 Å². The summed E-state index contributed by atoms with van der Waals surface area (Å²) in [7, 11) is 0. The number of amides is 2. The van der Waals surface area contributed by atoms with Crippen molar-refractivity contribution in [3.63, 3.8) is 0 Å². The molecule has 0 fully saturated rings. The maximum Gasteiger partial charge on any atom is 0.273 e. The lowest BCUT2D eigenvalue weighted by Crippen LogP contribution is -2.49. The normalized spacial score (nSPS) is 11.6. The fourth-order valence-electron chi connectivity index (χ4n) is 3.17. The fraction of sp³-hybridized carbons (Fsp3) is 0.364. The molecule has 1 N–H and O–H groups in total. The first-order chi connectivity index (χ1) is 14.4. The molecule has 2 amide bonds. The summed E-state index contributed by atoms with van der Waals surface area (Å²) in [5.41, 5.74) is 0.797. The van der Waals surface area contributed by atoms with Gasteiger partial charge in [0, 0.05) is 24.7 Å². The first-order valence-electron chi connectivity index (χ1n) is 9.91. The number of hydrogen-bond acceptors (Lipinski definition) is 4. The van der Waals surface area contributed by atoms with E-state index < -0.39 is 22.7 Å². The van der Waals surface area contributed by atoms with Crippen molar-refractivity contribution in [2.45, 2.75) is 45.7 Å². The first-order valence-corrected chi connectivity index (χ1v) is 9.91. The average Bonchev–Trinajstić information content (AvgIpc) is 2.73. The van der Waals surface area contributed by atoms with E-state index in [1.54, 1.807) is 25.1 Å². The van der Waals surface area contributed by atoms with Gasteiger partial charge in [-0.25, -0.2) is 4.39 Å². The third-order valence-corrected chi connectivity index (χ3v) is 4.73. The fourth-order valence-corrected chi connectivity index (χ4v) is 3.17. The van der Waals surface area contributed by atoms with Crippen LogP contribution in [0.4, 0.5) is 10.1 Å². The Kier molecular flexibility index (Phi) is 8.46. The summed E-state index contributed by atoms with van der Waals surface area (Å²) >= 11 is 0. The number of carbonyl (C=O) groups is 2. The Hall–Kier alpha value is -3.29. The number of nitrogens with one attached hydrogen (secondary N) is 1. The summed E-state index contributed by atoms with van der Waals surface area (Å²) in [5, 5.41) is 14.1. The molecule has 0 bridgehead atoms. The van der Waals surface area contributed by atoms with Crippen LogP contribution in [-0.4, -0.2) is 34.2 Å². The molecule has 0 unspecified atom stereocenters. The Balaban J connectivity index is 2.33. The number of carbonyl (C=O) groups excluding carboxylic acids is 2. The van der Waals surface area contributed by atoms with Gasteiger partial charge in [-0.3, -0.25) is 19.7 Å². The standard InChI is InChI=1S/C22H26FN3O4/c1-3-13-24-22(28)19(4-2)25(15-16-9-11-18(23)12-10-16)21(27)14-17-7-5-6-8-20(17)26(29)30/h5-12,19H,3-4,13-15H2,1-2H3,(H,24,28)/t19-/m1/s1. The smallest absolute Gasteiger partial charge is 0.273 e. The molecule has 0 aromatic heterocycles. The summed E-state index contributed by atoms with van der Waals surface area (Å²) in [4.78, 5) is 38.0. The summed E-state index contributed by atoms with van der Waals surface area (Å²) in [6, 6.07) is 11.0. The van der Waals surface area contributed by atoms with E-state index in [0.717, 1.165) is 6.42 Å². The molecule has 160 valence electrons. The largest absolute Gasteiger partial charge is 0.354 e. The van der Waals surface area contributed by atoms with Gasteiger partial charge in [0.2, 0.25) is 11.8 Å². The molecular weight excluding hydrogens is 389 g/mol. The minimum atomic E-state index is -0.739. The van der Waals surface area contributed by atoms with E-state index in [4.69, 9.17) is 0 Å². The maximum absolute atomic E-state index is 13.3. The predicted octanol–water partition coefficient (Wildman–Crippen LogP) is 3.61. The number of nitro groups is 1. The minimum absolute atomic E-state index is 0.0950. The molecule has 0 aliphatic carbocycles. The van der Waals surface area contributed by atoms with E-state index in [2.05, 4.69) is 5.32 Å². The van der Waals surface area contributed by atoms with Crippen molar-refractivity contribution >= 4 is 17.5 Å². The van der Waals surface area contributed by atoms with Crippen LogP contribution in [0.5, 0.6) is 0 Å². The van der Waals surface area contributed by atoms with Gasteiger partial charge in [-0.05, 0) is 30.5 Å². The van der Waals surface area contributed by atoms with Crippen molar-refractivity contribution in [2.75, 3.05) is 6.54 Å². The molecule has 2 aromatic carbocycles. The Morgan fingerprint density at radius 3 is 2.40 bits per heavy atom. The lowest BCUT2D eigenvalue weighted by atomic mass is 10.1. The van der Waals surface area contributed by atoms with Crippen LogP contribution in [0.25, 0.3) is 0 Å². The van der Waals surface area contributed by atoms with Crippen molar-refractivity contribution < 1.29 is 18.9 Å². The molecule has 7 nitrogen and oxygen atoms in total. The second kappa shape index (κ2) is 11.0. The monoisotopic (exact) mass is 415 g/mol. The Bertz CT molecular complexity index is 886. The van der Waals surface area contributed by atoms with Crippen LogP contribution < -0.4 is 5.32 Å². The van der Waals surface area contributed by atoms with E-state index in [9.17, 15) is 24.1 Å². The summed E-state index contributed by atoms with van der Waals surface area (Å²) in [6.07, 6.45) is 0.916. The van der Waals surface area contributed by atoms with Crippen molar-refractivity contribution in [1.29, 1.82) is 0 Å². The van der Waals surface area contributed by atoms with E-state index >= 15 is 0 Å². The predicted molar refractivity (Wildman–Crippen MR) is 111 cm³/mol. The number of rotatable bonds is 10. The highest BCUT2D eigenvalue weighted by molar-refractivity contribution is 5.88. The third-order valence-electron chi connectivity index (χ3n) is 4.73. The number of nitro benzene ring substituents is 1. The SMILES string of the molecule is CCCNC(=O)[C@@H](CC)N(Cc1ccc(F)cc1)C(=O)Cc1ccccc1[N+](=O)[O-]. The van der Waals surface area contributed by atoms with Gasteiger partial charge >= 0.3 is 0 Å². The number of halogens is 1. The Labute approximate surface area is 175 Å². The molecular formula is C22H26FN3O4. The van der Waals surface area contributed by atoms with Crippen molar-refractivity contribution in [2.24, 2.45) is 0 Å². The second-order valence-corrected chi connectivity index (χ2v) is 6.93. The van der Waals surface area contributed by atoms with Crippen LogP contribution in [0, 0.1) is 15.9 Å². The lowest BCUT2D eigenvalue weighted by Gasteiger charge is -2.30. The topological polar surface area (TPSA) is 92.6 Å². The van der Waals surface area contributed by atoms with Crippen molar-refractivity contribution in [3.05, 3.63) is 75.6 Å². The average molecular weight is 415 g/mol. The molecule has 2 rings (SSSR count). The van der Waals surface area contributed by atoms with Gasteiger partial charge < -0.3 is 10.2 Å². The van der Waals surface area contributed by atoms with Gasteiger partial charge in [0.25, 0.3) is 5.69 Å². The van der Waals surface area contributed by atoms with E-state index in [1.807, 2.05) is 6.92 Å². The summed E-state index contributed by atoms with van der Waals surface area (Å²) in [6.45, 7) is 4.30. The van der Waals surface area contributed by atoms with Crippen molar-refractivity contribution in [3.8, 4) is 0 Å². The van der Waals surface area contributed by atoms with E-state index in [0.29, 0.717) is 18.5 Å². The number of benzene rings is 2. The van der Waals surface area contributed by atoms with E-state index in [-0.39, 0.29) is 30.1 Å². The summed E-state index contributed by atoms with van der Waals surface area (Å²) < 4.78 is 13.3. The highest BCUT2D eigenvalue weighted by Gasteiger charge is 2.29. The second-order valence-electron chi connectivity index (χ2n) is 6.93. The number of hydrogen-bond donors (Lipinski definition) is 1. The molecule has 0 aliphatic rings. The van der Waals surface area contributed by atoms with Crippen LogP contribution >= 0.6 is 0 Å². The highest BCUT2D eigenvalue weighted by Crippen LogP contribution is 2.21. The molecule has 0 saturated heterocycles. The first kappa shape index (κ1) is 23.0. The molecule has 2 aromatic rings. The minimum Gasteiger partial charge on any atom is -0.354 e.